The normalized spacial score (nSPS) is 19.0. The summed E-state index contributed by atoms with van der Waals surface area (Å²) in [6.45, 7) is 10.9. The Bertz CT molecular complexity index is 473. The van der Waals surface area contributed by atoms with Gasteiger partial charge in [0.15, 0.2) is 0 Å². The van der Waals surface area contributed by atoms with Gasteiger partial charge in [0.05, 0.1) is 4.75 Å². The van der Waals surface area contributed by atoms with Crippen LogP contribution in [0.5, 0.6) is 0 Å². The van der Waals surface area contributed by atoms with Crippen molar-refractivity contribution in [2.45, 2.75) is 52.2 Å². The molecule has 6 heteroatoms. The Kier molecular flexibility index (Phi) is 7.14. The summed E-state index contributed by atoms with van der Waals surface area (Å²) in [6, 6.07) is 0. The van der Waals surface area contributed by atoms with Crippen molar-refractivity contribution in [2.24, 2.45) is 22.1 Å². The van der Waals surface area contributed by atoms with Gasteiger partial charge in [0.25, 0.3) is 5.91 Å². The third-order valence-electron chi connectivity index (χ3n) is 3.82. The van der Waals surface area contributed by atoms with Gasteiger partial charge in [0.1, 0.15) is 11.6 Å². The van der Waals surface area contributed by atoms with E-state index in [0.717, 1.165) is 31.8 Å². The van der Waals surface area contributed by atoms with E-state index in [1.165, 1.54) is 6.08 Å². The molecule has 0 bridgehead atoms. The first kappa shape index (κ1) is 20.0. The number of nitrogens with zero attached hydrogens (tertiary/aromatic N) is 1. The van der Waals surface area contributed by atoms with Gasteiger partial charge in [0.2, 0.25) is 0 Å². The van der Waals surface area contributed by atoms with Crippen LogP contribution in [0, 0.1) is 11.3 Å². The van der Waals surface area contributed by atoms with Crippen molar-refractivity contribution >= 4 is 23.5 Å². The standard InChI is InChI=1S/C17H30N2O3S/c1-16(2,3)13(20)10-14(18)19-15(21)17(4,5)23-11-12-6-8-22-9-7-12/h10,12,20H,6-9,11H2,1-5H3,(H2,18,19,21)/b13-10-. The molecule has 1 rings (SSSR count). The lowest BCUT2D eigenvalue weighted by molar-refractivity contribution is -0.119. The highest BCUT2D eigenvalue weighted by Gasteiger charge is 2.30. The summed E-state index contributed by atoms with van der Waals surface area (Å²) in [5.41, 5.74) is 5.35. The van der Waals surface area contributed by atoms with E-state index in [2.05, 4.69) is 4.99 Å². The van der Waals surface area contributed by atoms with Crippen molar-refractivity contribution in [1.29, 1.82) is 0 Å². The van der Waals surface area contributed by atoms with Crippen LogP contribution in [-0.4, -0.2) is 40.6 Å². The Morgan fingerprint density at radius 1 is 1.30 bits per heavy atom. The molecule has 0 unspecified atom stereocenters. The number of aliphatic hydroxyl groups excluding tert-OH is 1. The zero-order valence-corrected chi connectivity index (χ0v) is 15.7. The van der Waals surface area contributed by atoms with Crippen LogP contribution in [0.3, 0.4) is 0 Å². The monoisotopic (exact) mass is 342 g/mol. The molecule has 1 fully saturated rings. The molecule has 0 aromatic carbocycles. The van der Waals surface area contributed by atoms with Gasteiger partial charge in [-0.15, -0.1) is 11.8 Å². The van der Waals surface area contributed by atoms with Crippen LogP contribution < -0.4 is 5.73 Å². The van der Waals surface area contributed by atoms with Gasteiger partial charge in [-0.25, -0.2) is 0 Å². The number of amidine groups is 1. The molecule has 23 heavy (non-hydrogen) atoms. The number of thioether (sulfide) groups is 1. The van der Waals surface area contributed by atoms with E-state index in [9.17, 15) is 9.90 Å². The lowest BCUT2D eigenvalue weighted by Gasteiger charge is -2.26. The molecule has 132 valence electrons. The predicted octanol–water partition coefficient (Wildman–Crippen LogP) is 3.30. The Hall–Kier alpha value is -1.01. The van der Waals surface area contributed by atoms with Crippen molar-refractivity contribution in [2.75, 3.05) is 19.0 Å². The van der Waals surface area contributed by atoms with Crippen molar-refractivity contribution in [1.82, 2.24) is 0 Å². The highest BCUT2D eigenvalue weighted by molar-refractivity contribution is 8.01. The van der Waals surface area contributed by atoms with Gasteiger partial charge < -0.3 is 15.6 Å². The minimum absolute atomic E-state index is 0.0437. The van der Waals surface area contributed by atoms with Crippen LogP contribution in [0.2, 0.25) is 0 Å². The van der Waals surface area contributed by atoms with Crippen LogP contribution in [0.4, 0.5) is 0 Å². The fourth-order valence-corrected chi connectivity index (χ4v) is 3.10. The zero-order chi connectivity index (χ0) is 17.7. The third-order valence-corrected chi connectivity index (χ3v) is 5.35. The topological polar surface area (TPSA) is 84.9 Å². The van der Waals surface area contributed by atoms with Gasteiger partial charge >= 0.3 is 0 Å². The van der Waals surface area contributed by atoms with Crippen molar-refractivity contribution in [3.8, 4) is 0 Å². The van der Waals surface area contributed by atoms with E-state index >= 15 is 0 Å². The van der Waals surface area contributed by atoms with Crippen LogP contribution in [0.25, 0.3) is 0 Å². The zero-order valence-electron chi connectivity index (χ0n) is 14.9. The minimum atomic E-state index is -0.631. The Labute approximate surface area is 143 Å². The van der Waals surface area contributed by atoms with E-state index in [-0.39, 0.29) is 17.5 Å². The maximum absolute atomic E-state index is 12.4. The number of rotatable bonds is 5. The summed E-state index contributed by atoms with van der Waals surface area (Å²) in [4.78, 5) is 16.3. The van der Waals surface area contributed by atoms with Crippen LogP contribution >= 0.6 is 11.8 Å². The number of allylic oxidation sites excluding steroid dienone is 1. The van der Waals surface area contributed by atoms with Crippen LogP contribution in [-0.2, 0) is 9.53 Å². The van der Waals surface area contributed by atoms with Gasteiger partial charge in [-0.2, -0.15) is 4.99 Å². The van der Waals surface area contributed by atoms with E-state index in [4.69, 9.17) is 10.5 Å². The fourth-order valence-electron chi connectivity index (χ4n) is 1.94. The average Bonchev–Trinajstić information content (AvgIpc) is 2.45. The van der Waals surface area contributed by atoms with Crippen LogP contribution in [0.15, 0.2) is 16.8 Å². The molecule has 3 N–H and O–H groups in total. The second-order valence-electron chi connectivity index (χ2n) is 7.50. The first-order chi connectivity index (χ1) is 10.5. The molecule has 1 aliphatic heterocycles. The maximum Gasteiger partial charge on any atom is 0.263 e. The second kappa shape index (κ2) is 8.20. The van der Waals surface area contributed by atoms with Crippen molar-refractivity contribution < 1.29 is 14.6 Å². The number of amides is 1. The minimum Gasteiger partial charge on any atom is -0.512 e. The Balaban J connectivity index is 2.64. The quantitative estimate of drug-likeness (QED) is 0.455. The molecule has 0 aromatic heterocycles. The first-order valence-electron chi connectivity index (χ1n) is 8.04. The predicted molar refractivity (Wildman–Crippen MR) is 96.9 cm³/mol. The molecule has 0 aliphatic carbocycles. The molecular weight excluding hydrogens is 312 g/mol. The summed E-state index contributed by atoms with van der Waals surface area (Å²) in [7, 11) is 0. The first-order valence-corrected chi connectivity index (χ1v) is 9.02. The molecule has 0 radical (unpaired) electrons. The Morgan fingerprint density at radius 2 is 1.87 bits per heavy atom. The molecule has 1 aliphatic rings. The van der Waals surface area contributed by atoms with Gasteiger partial charge in [-0.1, -0.05) is 20.8 Å². The molecule has 0 atom stereocenters. The maximum atomic E-state index is 12.4. The Morgan fingerprint density at radius 3 is 2.39 bits per heavy atom. The SMILES string of the molecule is CC(C)(SCC1CCOCC1)C(=O)N=C(N)/C=C(\O)C(C)(C)C. The summed E-state index contributed by atoms with van der Waals surface area (Å²) >= 11 is 1.61. The van der Waals surface area contributed by atoms with Crippen molar-refractivity contribution in [3.63, 3.8) is 0 Å². The van der Waals surface area contributed by atoms with Gasteiger partial charge in [-0.05, 0) is 38.4 Å². The molecular formula is C17H30N2O3S. The average molecular weight is 343 g/mol. The lowest BCUT2D eigenvalue weighted by Crippen LogP contribution is -2.30. The second-order valence-corrected chi connectivity index (χ2v) is 9.14. The highest BCUT2D eigenvalue weighted by Crippen LogP contribution is 2.31. The van der Waals surface area contributed by atoms with E-state index in [0.29, 0.717) is 5.92 Å². The largest absolute Gasteiger partial charge is 0.512 e. The molecule has 0 aromatic rings. The molecule has 1 saturated heterocycles. The number of aliphatic hydroxyl groups is 1. The number of hydrogen-bond acceptors (Lipinski definition) is 4. The summed E-state index contributed by atoms with van der Waals surface area (Å²) in [5, 5.41) is 9.92. The highest BCUT2D eigenvalue weighted by atomic mass is 32.2. The smallest absolute Gasteiger partial charge is 0.263 e. The van der Waals surface area contributed by atoms with E-state index < -0.39 is 10.2 Å². The number of carbonyl (C=O) groups is 1. The molecule has 1 amide bonds. The molecule has 0 spiro atoms. The van der Waals surface area contributed by atoms with Gasteiger partial charge in [0, 0.05) is 24.7 Å². The number of aliphatic imine (C=N–C) groups is 1. The lowest BCUT2D eigenvalue weighted by atomic mass is 9.93. The summed E-state index contributed by atoms with van der Waals surface area (Å²) in [6.07, 6.45) is 3.45. The number of carbonyl (C=O) groups excluding carboxylic acids is 1. The summed E-state index contributed by atoms with van der Waals surface area (Å²) in [5.74, 6) is 1.39. The van der Waals surface area contributed by atoms with E-state index in [1.807, 2.05) is 34.6 Å². The number of nitrogens with two attached hydrogens (primary N) is 1. The third kappa shape index (κ3) is 6.96. The van der Waals surface area contributed by atoms with Gasteiger partial charge in [-0.3, -0.25) is 4.79 Å². The number of hydrogen-bond donors (Lipinski definition) is 2. The van der Waals surface area contributed by atoms with Crippen LogP contribution in [0.1, 0.15) is 47.5 Å². The summed E-state index contributed by atoms with van der Waals surface area (Å²) < 4.78 is 4.72. The fraction of sp³-hybridized carbons (Fsp3) is 0.765. The molecule has 1 heterocycles. The van der Waals surface area contributed by atoms with Crippen molar-refractivity contribution in [3.05, 3.63) is 11.8 Å². The molecule has 0 saturated carbocycles. The molecule has 5 nitrogen and oxygen atoms in total. The van der Waals surface area contributed by atoms with E-state index in [1.54, 1.807) is 11.8 Å². The number of ether oxygens (including phenoxy) is 1.